The van der Waals surface area contributed by atoms with Crippen LogP contribution in [-0.4, -0.2) is 34.6 Å². The molecule has 1 aromatic rings. The molecule has 4 nitrogen and oxygen atoms in total. The van der Waals surface area contributed by atoms with Gasteiger partial charge in [0.1, 0.15) is 0 Å². The van der Waals surface area contributed by atoms with Crippen LogP contribution >= 0.6 is 15.9 Å². The SMILES string of the molecule is CCc1ccccc1NC(=O)CN(C)C(=O)CC12CC3CC(CC(Br)(C3)C1)C2. The van der Waals surface area contributed by atoms with E-state index in [9.17, 15) is 9.59 Å². The van der Waals surface area contributed by atoms with Gasteiger partial charge in [0.15, 0.2) is 0 Å². The number of nitrogens with one attached hydrogen (secondary N) is 1. The fourth-order valence-corrected chi connectivity index (χ4v) is 7.95. The number of anilines is 1. The third-order valence-electron chi connectivity index (χ3n) is 7.12. The van der Waals surface area contributed by atoms with E-state index in [4.69, 9.17) is 0 Å². The van der Waals surface area contributed by atoms with Gasteiger partial charge in [-0.3, -0.25) is 9.59 Å². The molecule has 28 heavy (non-hydrogen) atoms. The molecule has 2 amide bonds. The van der Waals surface area contributed by atoms with E-state index in [1.54, 1.807) is 11.9 Å². The number of rotatable bonds is 6. The van der Waals surface area contributed by atoms with Crippen LogP contribution in [0.25, 0.3) is 0 Å². The zero-order valence-corrected chi connectivity index (χ0v) is 18.6. The van der Waals surface area contributed by atoms with Crippen LogP contribution < -0.4 is 5.32 Å². The second-order valence-electron chi connectivity index (χ2n) is 9.60. The van der Waals surface area contributed by atoms with Crippen molar-refractivity contribution in [1.82, 2.24) is 4.90 Å². The first-order valence-corrected chi connectivity index (χ1v) is 11.4. The van der Waals surface area contributed by atoms with Crippen molar-refractivity contribution in [2.75, 3.05) is 18.9 Å². The Labute approximate surface area is 176 Å². The second-order valence-corrected chi connectivity index (χ2v) is 11.3. The summed E-state index contributed by atoms with van der Waals surface area (Å²) in [5.41, 5.74) is 2.10. The summed E-state index contributed by atoms with van der Waals surface area (Å²) in [5, 5.41) is 2.97. The minimum atomic E-state index is -0.126. The predicted molar refractivity (Wildman–Crippen MR) is 115 cm³/mol. The van der Waals surface area contributed by atoms with Gasteiger partial charge in [-0.15, -0.1) is 0 Å². The summed E-state index contributed by atoms with van der Waals surface area (Å²) in [6, 6.07) is 7.84. The molecule has 1 N–H and O–H groups in total. The maximum absolute atomic E-state index is 13.0. The number of aryl methyl sites for hydroxylation is 1. The van der Waals surface area contributed by atoms with E-state index in [0.29, 0.717) is 6.42 Å². The molecular formula is C23H31BrN2O2. The molecule has 5 heteroatoms. The van der Waals surface area contributed by atoms with E-state index in [1.807, 2.05) is 24.3 Å². The topological polar surface area (TPSA) is 49.4 Å². The Bertz CT molecular complexity index is 764. The Morgan fingerprint density at radius 2 is 1.86 bits per heavy atom. The number of halogens is 1. The first-order chi connectivity index (χ1) is 13.3. The molecule has 2 atom stereocenters. The zero-order valence-electron chi connectivity index (χ0n) is 17.0. The van der Waals surface area contributed by atoms with Crippen LogP contribution in [0.4, 0.5) is 5.69 Å². The summed E-state index contributed by atoms with van der Waals surface area (Å²) >= 11 is 4.02. The quantitative estimate of drug-likeness (QED) is 0.639. The summed E-state index contributed by atoms with van der Waals surface area (Å²) in [6.45, 7) is 2.18. The van der Waals surface area contributed by atoms with Gasteiger partial charge in [0, 0.05) is 23.5 Å². The lowest BCUT2D eigenvalue weighted by molar-refractivity contribution is -0.139. The van der Waals surface area contributed by atoms with Crippen molar-refractivity contribution < 1.29 is 9.59 Å². The van der Waals surface area contributed by atoms with Gasteiger partial charge >= 0.3 is 0 Å². The standard InChI is InChI=1S/C23H31BrN2O2/c1-3-18-6-4-5-7-19(18)25-20(27)14-26(2)21(28)13-22-9-16-8-17(10-22)12-23(24,11-16)15-22/h4-7,16-17H,3,8-15H2,1-2H3,(H,25,27). The van der Waals surface area contributed by atoms with Crippen molar-refractivity contribution in [1.29, 1.82) is 0 Å². The molecule has 0 spiro atoms. The number of carbonyl (C=O) groups is 2. The van der Waals surface area contributed by atoms with Gasteiger partial charge in [0.25, 0.3) is 0 Å². The van der Waals surface area contributed by atoms with E-state index in [0.717, 1.165) is 35.9 Å². The van der Waals surface area contributed by atoms with Gasteiger partial charge in [0.2, 0.25) is 11.8 Å². The molecule has 5 rings (SSSR count). The molecule has 0 saturated heterocycles. The van der Waals surface area contributed by atoms with Crippen molar-refractivity contribution in [3.63, 3.8) is 0 Å². The van der Waals surface area contributed by atoms with Crippen LogP contribution in [0.1, 0.15) is 57.4 Å². The summed E-state index contributed by atoms with van der Waals surface area (Å²) in [4.78, 5) is 27.1. The van der Waals surface area contributed by atoms with E-state index < -0.39 is 0 Å². The Balaban J connectivity index is 1.36. The van der Waals surface area contributed by atoms with Gasteiger partial charge in [0.05, 0.1) is 6.54 Å². The highest BCUT2D eigenvalue weighted by atomic mass is 79.9. The zero-order chi connectivity index (χ0) is 19.9. The smallest absolute Gasteiger partial charge is 0.243 e. The first kappa shape index (κ1) is 19.9. The predicted octanol–water partition coefficient (Wildman–Crippen LogP) is 4.77. The van der Waals surface area contributed by atoms with Gasteiger partial charge in [-0.1, -0.05) is 41.1 Å². The Hall–Kier alpha value is -1.36. The number of amides is 2. The fourth-order valence-electron chi connectivity index (χ4n) is 6.44. The maximum Gasteiger partial charge on any atom is 0.243 e. The molecule has 4 aliphatic carbocycles. The lowest BCUT2D eigenvalue weighted by Crippen LogP contribution is -2.54. The summed E-state index contributed by atoms with van der Waals surface area (Å²) in [6.07, 6.45) is 8.83. The Kier molecular flexibility index (Phi) is 5.32. The number of hydrogen-bond acceptors (Lipinski definition) is 2. The highest BCUT2D eigenvalue weighted by Gasteiger charge is 2.57. The summed E-state index contributed by atoms with van der Waals surface area (Å²) in [5.74, 6) is 1.52. The van der Waals surface area contributed by atoms with Gasteiger partial charge in [-0.05, 0) is 73.8 Å². The number of para-hydroxylation sites is 1. The number of nitrogens with zero attached hydrogens (tertiary/aromatic N) is 1. The summed E-state index contributed by atoms with van der Waals surface area (Å²) < 4.78 is 0.261. The normalized spacial score (nSPS) is 33.0. The molecule has 4 bridgehead atoms. The van der Waals surface area contributed by atoms with Crippen LogP contribution in [0.2, 0.25) is 0 Å². The largest absolute Gasteiger partial charge is 0.336 e. The van der Waals surface area contributed by atoms with Crippen molar-refractivity contribution >= 4 is 33.4 Å². The third-order valence-corrected chi connectivity index (χ3v) is 8.04. The maximum atomic E-state index is 13.0. The van der Waals surface area contributed by atoms with Crippen LogP contribution in [0.15, 0.2) is 24.3 Å². The molecule has 1 aromatic carbocycles. The molecule has 2 unspecified atom stereocenters. The van der Waals surface area contributed by atoms with E-state index in [2.05, 4.69) is 28.2 Å². The van der Waals surface area contributed by atoms with Crippen molar-refractivity contribution in [2.45, 2.75) is 62.6 Å². The van der Waals surface area contributed by atoms with Crippen LogP contribution in [0, 0.1) is 17.3 Å². The molecular weight excluding hydrogens is 416 g/mol. The molecule has 4 saturated carbocycles. The van der Waals surface area contributed by atoms with Gasteiger partial charge in [-0.2, -0.15) is 0 Å². The Morgan fingerprint density at radius 3 is 2.50 bits per heavy atom. The molecule has 0 heterocycles. The highest BCUT2D eigenvalue weighted by Crippen LogP contribution is 2.65. The third kappa shape index (κ3) is 4.00. The van der Waals surface area contributed by atoms with Crippen molar-refractivity contribution in [3.05, 3.63) is 29.8 Å². The molecule has 152 valence electrons. The monoisotopic (exact) mass is 446 g/mol. The minimum Gasteiger partial charge on any atom is -0.336 e. The molecule has 0 aromatic heterocycles. The van der Waals surface area contributed by atoms with E-state index in [-0.39, 0.29) is 28.1 Å². The summed E-state index contributed by atoms with van der Waals surface area (Å²) in [7, 11) is 1.76. The fraction of sp³-hybridized carbons (Fsp3) is 0.652. The lowest BCUT2D eigenvalue weighted by Gasteiger charge is -2.60. The van der Waals surface area contributed by atoms with E-state index in [1.165, 1.54) is 32.1 Å². The number of alkyl halides is 1. The van der Waals surface area contributed by atoms with Crippen molar-refractivity contribution in [2.24, 2.45) is 17.3 Å². The van der Waals surface area contributed by atoms with Crippen LogP contribution in [0.3, 0.4) is 0 Å². The molecule has 0 aliphatic heterocycles. The highest BCUT2D eigenvalue weighted by molar-refractivity contribution is 9.10. The number of benzene rings is 1. The van der Waals surface area contributed by atoms with Crippen molar-refractivity contribution in [3.8, 4) is 0 Å². The van der Waals surface area contributed by atoms with E-state index >= 15 is 0 Å². The number of hydrogen-bond donors (Lipinski definition) is 1. The van der Waals surface area contributed by atoms with Gasteiger partial charge < -0.3 is 10.2 Å². The lowest BCUT2D eigenvalue weighted by atomic mass is 9.48. The molecule has 4 aliphatic rings. The Morgan fingerprint density at radius 1 is 1.18 bits per heavy atom. The number of carbonyl (C=O) groups excluding carboxylic acids is 2. The second kappa shape index (κ2) is 7.47. The first-order valence-electron chi connectivity index (χ1n) is 10.6. The molecule has 4 fully saturated rings. The van der Waals surface area contributed by atoms with Gasteiger partial charge in [-0.25, -0.2) is 0 Å². The average Bonchev–Trinajstić information content (AvgIpc) is 2.59. The number of likely N-dealkylation sites (N-methyl/N-ethyl adjacent to an activating group) is 1. The molecule has 0 radical (unpaired) electrons. The average molecular weight is 447 g/mol. The minimum absolute atomic E-state index is 0.108. The van der Waals surface area contributed by atoms with Crippen LogP contribution in [0.5, 0.6) is 0 Å². The van der Waals surface area contributed by atoms with Crippen LogP contribution in [-0.2, 0) is 16.0 Å².